The fourth-order valence-electron chi connectivity index (χ4n) is 0.313. The van der Waals surface area contributed by atoms with E-state index in [1.54, 1.807) is 0 Å². The number of guanidine groups is 1. The fourth-order valence-corrected chi connectivity index (χ4v) is 0.313. The highest BCUT2D eigenvalue weighted by Crippen LogP contribution is 2.13. The zero-order valence-electron chi connectivity index (χ0n) is 5.71. The topological polar surface area (TPSA) is 94.1 Å². The molecular weight excluding hydrogens is 181 g/mol. The van der Waals surface area contributed by atoms with Crippen LogP contribution in [0.15, 0.2) is 4.99 Å². The van der Waals surface area contributed by atoms with Gasteiger partial charge in [-0.05, 0) is 0 Å². The summed E-state index contributed by atoms with van der Waals surface area (Å²) in [6.45, 7) is -1.49. The third-order valence-electron chi connectivity index (χ3n) is 0.643. The molecule has 12 heavy (non-hydrogen) atoms. The first-order valence-corrected chi connectivity index (χ1v) is 2.62. The molecule has 9 heteroatoms. The molecule has 0 bridgehead atoms. The number of nitrogens with one attached hydrogen (secondary N) is 1. The van der Waals surface area contributed by atoms with E-state index in [-0.39, 0.29) is 0 Å². The second-order valence-corrected chi connectivity index (χ2v) is 1.72. The summed E-state index contributed by atoms with van der Waals surface area (Å²) in [6, 6.07) is 0. The van der Waals surface area contributed by atoms with E-state index in [0.29, 0.717) is 0 Å². The molecule has 6 nitrogen and oxygen atoms in total. The Morgan fingerprint density at radius 2 is 2.00 bits per heavy atom. The summed E-state index contributed by atoms with van der Waals surface area (Å²) in [7, 11) is 0. The summed E-state index contributed by atoms with van der Waals surface area (Å²) in [5, 5.41) is 15.4. The first-order chi connectivity index (χ1) is 5.31. The molecule has 0 aromatic heterocycles. The Balaban J connectivity index is 3.85. The zero-order chi connectivity index (χ0) is 9.78. The van der Waals surface area contributed by atoms with Gasteiger partial charge in [-0.15, -0.1) is 0 Å². The van der Waals surface area contributed by atoms with E-state index in [9.17, 15) is 13.2 Å². The molecule has 0 aliphatic heterocycles. The molecule has 0 heterocycles. The van der Waals surface area contributed by atoms with Gasteiger partial charge >= 0.3 is 6.18 Å². The maximum Gasteiger partial charge on any atom is 0.408 e. The van der Waals surface area contributed by atoms with Crippen LogP contribution in [0.3, 0.4) is 0 Å². The molecule has 0 aromatic rings. The van der Waals surface area contributed by atoms with Crippen LogP contribution >= 0.6 is 0 Å². The maximum atomic E-state index is 11.4. The third-order valence-corrected chi connectivity index (χ3v) is 0.643. The summed E-state index contributed by atoms with van der Waals surface area (Å²) in [5.74, 6) is -0.752. The van der Waals surface area contributed by atoms with Gasteiger partial charge in [0.05, 0.1) is 0 Å². The Hall–Kier alpha value is -1.06. The van der Waals surface area contributed by atoms with Crippen LogP contribution in [0, 0.1) is 0 Å². The van der Waals surface area contributed by atoms with Gasteiger partial charge in [-0.3, -0.25) is 10.4 Å². The molecule has 0 aromatic carbocycles. The van der Waals surface area contributed by atoms with E-state index < -0.39 is 24.0 Å². The zero-order valence-corrected chi connectivity index (χ0v) is 5.71. The van der Waals surface area contributed by atoms with Gasteiger partial charge in [-0.1, -0.05) is 0 Å². The lowest BCUT2D eigenvalue weighted by molar-refractivity contribution is -0.329. The van der Waals surface area contributed by atoms with Gasteiger partial charge in [0.15, 0.2) is 0 Å². The predicted molar refractivity (Wildman–Crippen MR) is 31.1 cm³/mol. The number of nitrogens with two attached hydrogens (primary N) is 1. The van der Waals surface area contributed by atoms with Crippen LogP contribution in [-0.4, -0.2) is 34.4 Å². The van der Waals surface area contributed by atoms with Gasteiger partial charge in [-0.2, -0.15) is 13.2 Å². The van der Waals surface area contributed by atoms with Gasteiger partial charge in [0.1, 0.15) is 6.54 Å². The van der Waals surface area contributed by atoms with Crippen molar-refractivity contribution >= 4 is 5.96 Å². The van der Waals surface area contributed by atoms with Crippen LogP contribution in [0.4, 0.5) is 13.2 Å². The SMILES string of the molecule is NC(=NCC(F)(F)F)NN(O)O. The normalized spacial score (nSPS) is 13.7. The average molecular weight is 188 g/mol. The number of hydrogen-bond donors (Lipinski definition) is 4. The van der Waals surface area contributed by atoms with Crippen molar-refractivity contribution in [3.8, 4) is 0 Å². The minimum absolute atomic E-state index is 0.602. The van der Waals surface area contributed by atoms with Crippen LogP contribution < -0.4 is 11.2 Å². The van der Waals surface area contributed by atoms with Crippen LogP contribution in [0.5, 0.6) is 0 Å². The lowest BCUT2D eigenvalue weighted by Gasteiger charge is -2.08. The summed E-state index contributed by atoms with van der Waals surface area (Å²) in [6.07, 6.45) is -4.47. The lowest BCUT2D eigenvalue weighted by Crippen LogP contribution is -2.42. The van der Waals surface area contributed by atoms with Gasteiger partial charge in [0, 0.05) is 5.34 Å². The summed E-state index contributed by atoms with van der Waals surface area (Å²) >= 11 is 0. The van der Waals surface area contributed by atoms with E-state index in [4.69, 9.17) is 16.1 Å². The average Bonchev–Trinajstić information content (AvgIpc) is 1.80. The maximum absolute atomic E-state index is 11.4. The molecule has 0 aliphatic rings. The molecule has 0 atom stereocenters. The standard InChI is InChI=1S/C3H7F3N4O2/c4-3(5,6)1-8-2(7)9-10(11)12/h11-12H,1H2,(H3,7,8,9). The van der Waals surface area contributed by atoms with Crippen molar-refractivity contribution in [2.45, 2.75) is 6.18 Å². The number of hydrogen-bond acceptors (Lipinski definition) is 4. The number of alkyl halides is 3. The number of halogens is 3. The van der Waals surface area contributed by atoms with Crippen LogP contribution in [0.25, 0.3) is 0 Å². The molecule has 0 radical (unpaired) electrons. The number of nitrogens with zero attached hydrogens (tertiary/aromatic N) is 2. The highest BCUT2D eigenvalue weighted by Gasteiger charge is 2.26. The van der Waals surface area contributed by atoms with Crippen LogP contribution in [0.1, 0.15) is 0 Å². The van der Waals surface area contributed by atoms with Crippen LogP contribution in [0.2, 0.25) is 0 Å². The first-order valence-electron chi connectivity index (χ1n) is 2.62. The molecule has 72 valence electrons. The van der Waals surface area contributed by atoms with Crippen molar-refractivity contribution in [3.63, 3.8) is 0 Å². The monoisotopic (exact) mass is 188 g/mol. The Labute approximate surface area is 65.0 Å². The molecule has 0 saturated carbocycles. The van der Waals surface area contributed by atoms with Crippen LogP contribution in [-0.2, 0) is 0 Å². The van der Waals surface area contributed by atoms with Gasteiger partial charge in [0.2, 0.25) is 5.96 Å². The van der Waals surface area contributed by atoms with Gasteiger partial charge < -0.3 is 5.73 Å². The highest BCUT2D eigenvalue weighted by molar-refractivity contribution is 5.77. The molecule has 0 spiro atoms. The molecule has 0 saturated heterocycles. The van der Waals surface area contributed by atoms with Crippen molar-refractivity contribution < 1.29 is 23.6 Å². The van der Waals surface area contributed by atoms with E-state index in [1.807, 2.05) is 0 Å². The molecule has 0 fully saturated rings. The Bertz CT molecular complexity index is 167. The summed E-state index contributed by atoms with van der Waals surface area (Å²) in [5.41, 5.74) is 6.25. The third kappa shape index (κ3) is 7.05. The van der Waals surface area contributed by atoms with Crippen molar-refractivity contribution in [2.24, 2.45) is 10.7 Å². The van der Waals surface area contributed by atoms with E-state index in [1.165, 1.54) is 5.43 Å². The van der Waals surface area contributed by atoms with E-state index >= 15 is 0 Å². The molecule has 0 aliphatic carbocycles. The Morgan fingerprint density at radius 1 is 1.50 bits per heavy atom. The number of aliphatic imine (C=N–C) groups is 1. The minimum Gasteiger partial charge on any atom is -0.369 e. The van der Waals surface area contributed by atoms with Crippen molar-refractivity contribution in [1.29, 1.82) is 0 Å². The quantitative estimate of drug-likeness (QED) is 0.265. The number of hydrazine groups is 1. The van der Waals surface area contributed by atoms with Crippen molar-refractivity contribution in [1.82, 2.24) is 10.8 Å². The molecule has 0 rings (SSSR count). The lowest BCUT2D eigenvalue weighted by atomic mass is 10.6. The van der Waals surface area contributed by atoms with E-state index in [2.05, 4.69) is 4.99 Å². The number of rotatable bonds is 2. The summed E-state index contributed by atoms with van der Waals surface area (Å²) < 4.78 is 34.3. The molecule has 0 amide bonds. The minimum atomic E-state index is -4.47. The highest BCUT2D eigenvalue weighted by atomic mass is 19.4. The van der Waals surface area contributed by atoms with Crippen molar-refractivity contribution in [2.75, 3.05) is 6.54 Å². The molecule has 5 N–H and O–H groups in total. The Morgan fingerprint density at radius 3 is 2.33 bits per heavy atom. The molecular formula is C3H7F3N4O2. The molecule has 0 unspecified atom stereocenters. The van der Waals surface area contributed by atoms with Gasteiger partial charge in [0.25, 0.3) is 0 Å². The second-order valence-electron chi connectivity index (χ2n) is 1.72. The van der Waals surface area contributed by atoms with E-state index in [0.717, 1.165) is 0 Å². The second kappa shape index (κ2) is 4.09. The smallest absolute Gasteiger partial charge is 0.369 e. The first kappa shape index (κ1) is 10.9. The Kier molecular flexibility index (Phi) is 3.73. The predicted octanol–water partition coefficient (Wildman–Crippen LogP) is -0.552. The van der Waals surface area contributed by atoms with Gasteiger partial charge in [-0.25, -0.2) is 10.4 Å². The fraction of sp³-hybridized carbons (Fsp3) is 0.667. The largest absolute Gasteiger partial charge is 0.408 e. The van der Waals surface area contributed by atoms with Crippen molar-refractivity contribution in [3.05, 3.63) is 0 Å². The summed E-state index contributed by atoms with van der Waals surface area (Å²) in [4.78, 5) is 2.73.